The summed E-state index contributed by atoms with van der Waals surface area (Å²) in [5.74, 6) is -2.03. The van der Waals surface area contributed by atoms with Crippen LogP contribution in [0.4, 0.5) is 5.69 Å². The molecule has 1 fully saturated rings. The van der Waals surface area contributed by atoms with Gasteiger partial charge in [0, 0.05) is 43.5 Å². The molecule has 0 aliphatic carbocycles. The molecule has 2 N–H and O–H groups in total. The average molecular weight is 623 g/mol. The number of methoxy groups -OCH3 is 2. The smallest absolute Gasteiger partial charge is 0.335 e. The van der Waals surface area contributed by atoms with Crippen molar-refractivity contribution in [1.29, 1.82) is 0 Å². The minimum absolute atomic E-state index is 0.00892. The van der Waals surface area contributed by atoms with Crippen LogP contribution in [0.1, 0.15) is 40.0 Å². The minimum atomic E-state index is -1.14. The van der Waals surface area contributed by atoms with Crippen LogP contribution in [0.2, 0.25) is 5.02 Å². The Bertz CT molecular complexity index is 1710. The zero-order valence-corrected chi connectivity index (χ0v) is 24.9. The summed E-state index contributed by atoms with van der Waals surface area (Å²) in [4.78, 5) is 41.2. The molecule has 0 radical (unpaired) electrons. The van der Waals surface area contributed by atoms with E-state index in [0.29, 0.717) is 31.0 Å². The van der Waals surface area contributed by atoms with Gasteiger partial charge in [0.25, 0.3) is 0 Å². The number of nitrogens with zero attached hydrogens (tertiary/aromatic N) is 2. The molecule has 0 amide bonds. The van der Waals surface area contributed by atoms with E-state index >= 15 is 0 Å². The van der Waals surface area contributed by atoms with E-state index in [1.54, 1.807) is 19.2 Å². The summed E-state index contributed by atoms with van der Waals surface area (Å²) in [5.41, 5.74) is 0.762. The molecule has 4 aromatic rings. The molecule has 5 rings (SSSR count). The molecule has 0 bridgehead atoms. The fourth-order valence-electron chi connectivity index (χ4n) is 5.15. The summed E-state index contributed by atoms with van der Waals surface area (Å²) in [6, 6.07) is 16.4. The summed E-state index contributed by atoms with van der Waals surface area (Å²) in [5, 5.41) is 20.4. The predicted molar refractivity (Wildman–Crippen MR) is 162 cm³/mol. The monoisotopic (exact) mass is 622 g/mol. The lowest BCUT2D eigenvalue weighted by molar-refractivity contribution is -0.141. The van der Waals surface area contributed by atoms with Crippen molar-refractivity contribution in [2.45, 2.75) is 18.9 Å². The van der Waals surface area contributed by atoms with Gasteiger partial charge in [0.05, 0.1) is 43.7 Å². The van der Waals surface area contributed by atoms with Crippen LogP contribution >= 0.6 is 11.6 Å². The summed E-state index contributed by atoms with van der Waals surface area (Å²) < 4.78 is 22.2. The molecule has 0 spiro atoms. The van der Waals surface area contributed by atoms with Gasteiger partial charge in [-0.1, -0.05) is 11.6 Å². The number of aromatic carboxylic acids is 1. The van der Waals surface area contributed by atoms with Crippen LogP contribution in [0, 0.1) is 0 Å². The average Bonchev–Trinajstić information content (AvgIpc) is 3.52. The number of carbonyl (C=O) groups is 2. The van der Waals surface area contributed by atoms with Gasteiger partial charge in [-0.25, -0.2) is 4.79 Å². The third-order valence-corrected chi connectivity index (χ3v) is 7.88. The number of piperazine rings is 1. The van der Waals surface area contributed by atoms with Crippen molar-refractivity contribution < 1.29 is 38.1 Å². The van der Waals surface area contributed by atoms with Gasteiger partial charge in [-0.2, -0.15) is 0 Å². The van der Waals surface area contributed by atoms with Crippen LogP contribution in [0.15, 0.2) is 74.3 Å². The third-order valence-electron chi connectivity index (χ3n) is 7.55. The number of carboxylic acid groups (broad SMARTS) is 1. The lowest BCUT2D eigenvalue weighted by Gasteiger charge is -2.35. The first-order valence-electron chi connectivity index (χ1n) is 13.8. The van der Waals surface area contributed by atoms with Crippen molar-refractivity contribution in [2.75, 3.05) is 45.3 Å². The Morgan fingerprint density at radius 1 is 0.977 bits per heavy atom. The van der Waals surface area contributed by atoms with Gasteiger partial charge in [-0.15, -0.1) is 0 Å². The molecule has 0 saturated carbocycles. The van der Waals surface area contributed by atoms with Crippen LogP contribution in [0.5, 0.6) is 11.5 Å². The van der Waals surface area contributed by atoms with Crippen LogP contribution < -0.4 is 15.1 Å². The van der Waals surface area contributed by atoms with E-state index < -0.39 is 29.0 Å². The van der Waals surface area contributed by atoms with Crippen molar-refractivity contribution in [3.8, 4) is 22.8 Å². The van der Waals surface area contributed by atoms with Gasteiger partial charge in [0.2, 0.25) is 11.2 Å². The Balaban J connectivity index is 1.39. The van der Waals surface area contributed by atoms with Crippen molar-refractivity contribution in [3.63, 3.8) is 0 Å². The number of carboxylic acids is 1. The lowest BCUT2D eigenvalue weighted by Crippen LogP contribution is -2.46. The van der Waals surface area contributed by atoms with Gasteiger partial charge in [0.1, 0.15) is 23.0 Å². The molecule has 1 aliphatic rings. The molecule has 1 unspecified atom stereocenters. The Hall–Kier alpha value is -4.74. The summed E-state index contributed by atoms with van der Waals surface area (Å²) >= 11 is 6.32. The maximum absolute atomic E-state index is 12.9. The van der Waals surface area contributed by atoms with Gasteiger partial charge in [-0.05, 0) is 54.6 Å². The number of halogens is 1. The third kappa shape index (κ3) is 6.74. The van der Waals surface area contributed by atoms with Gasteiger partial charge < -0.3 is 33.4 Å². The number of rotatable bonds is 10. The number of hydrogen-bond donors (Lipinski definition) is 2. The van der Waals surface area contributed by atoms with Crippen molar-refractivity contribution in [2.24, 2.45) is 0 Å². The molecule has 12 heteroatoms. The number of aromatic hydroxyl groups is 1. The Kier molecular flexibility index (Phi) is 9.26. The van der Waals surface area contributed by atoms with Crippen LogP contribution in [-0.4, -0.2) is 67.5 Å². The van der Waals surface area contributed by atoms with Crippen molar-refractivity contribution in [1.82, 2.24) is 4.90 Å². The van der Waals surface area contributed by atoms with E-state index in [9.17, 15) is 24.6 Å². The molecular weight excluding hydrogens is 592 g/mol. The standard InChI is InChI=1S/C32H31ClN2O9/c1-41-21-6-4-20(5-7-21)35-13-11-34(12-14-35)18-22-16-26(36)30(38)31(43-22)24(17-29(37)42-2)28-10-9-27(44-28)23-15-19(32(39)40)3-8-25(23)33/h3-10,15-16,24,38H,11-14,17-18H2,1-2H3,(H,39,40). The highest BCUT2D eigenvalue weighted by Crippen LogP contribution is 2.38. The second kappa shape index (κ2) is 13.3. The number of anilines is 1. The van der Waals surface area contributed by atoms with Gasteiger partial charge in [-0.3, -0.25) is 14.5 Å². The lowest BCUT2D eigenvalue weighted by atomic mass is 9.98. The highest BCUT2D eigenvalue weighted by Gasteiger charge is 2.30. The van der Waals surface area contributed by atoms with E-state index in [2.05, 4.69) is 9.80 Å². The number of ether oxygens (including phenoxy) is 2. The normalized spacial score (nSPS) is 14.3. The maximum Gasteiger partial charge on any atom is 0.335 e. The number of benzene rings is 2. The first-order chi connectivity index (χ1) is 21.2. The molecular formula is C32H31ClN2O9. The molecule has 2 aromatic carbocycles. The van der Waals surface area contributed by atoms with Crippen LogP contribution in [0.3, 0.4) is 0 Å². The SMILES string of the molecule is COC(=O)CC(c1ccc(-c2cc(C(=O)O)ccc2Cl)o1)c1oc(CN2CCN(c3ccc(OC)cc3)CC2)cc(=O)c1O. The van der Waals surface area contributed by atoms with Crippen LogP contribution in [-0.2, 0) is 16.1 Å². The number of furan rings is 1. The molecule has 44 heavy (non-hydrogen) atoms. The Morgan fingerprint density at radius 2 is 1.70 bits per heavy atom. The molecule has 2 aromatic heterocycles. The van der Waals surface area contributed by atoms with E-state index in [4.69, 9.17) is 29.9 Å². The zero-order valence-electron chi connectivity index (χ0n) is 24.1. The first kappa shape index (κ1) is 30.7. The topological polar surface area (TPSA) is 143 Å². The van der Waals surface area contributed by atoms with Gasteiger partial charge >= 0.3 is 11.9 Å². The maximum atomic E-state index is 12.9. The molecule has 1 aliphatic heterocycles. The molecule has 1 atom stereocenters. The first-order valence-corrected chi connectivity index (χ1v) is 14.2. The van der Waals surface area contributed by atoms with E-state index in [0.717, 1.165) is 24.5 Å². The Labute approximate surface area is 257 Å². The number of carbonyl (C=O) groups excluding carboxylic acids is 1. The Morgan fingerprint density at radius 3 is 2.36 bits per heavy atom. The van der Waals surface area contributed by atoms with Crippen molar-refractivity contribution >= 4 is 29.2 Å². The van der Waals surface area contributed by atoms with Crippen molar-refractivity contribution in [3.05, 3.63) is 98.8 Å². The minimum Gasteiger partial charge on any atom is -0.502 e. The quantitative estimate of drug-likeness (QED) is 0.231. The summed E-state index contributed by atoms with van der Waals surface area (Å²) in [7, 11) is 2.85. The van der Waals surface area contributed by atoms with E-state index in [1.165, 1.54) is 31.4 Å². The number of hydrogen-bond acceptors (Lipinski definition) is 10. The van der Waals surface area contributed by atoms with Crippen LogP contribution in [0.25, 0.3) is 11.3 Å². The molecule has 3 heterocycles. The highest BCUT2D eigenvalue weighted by molar-refractivity contribution is 6.33. The zero-order chi connectivity index (χ0) is 31.4. The predicted octanol–water partition coefficient (Wildman–Crippen LogP) is 4.98. The second-order valence-electron chi connectivity index (χ2n) is 10.3. The number of esters is 1. The summed E-state index contributed by atoms with van der Waals surface area (Å²) in [6.07, 6.45) is -0.299. The molecule has 1 saturated heterocycles. The highest BCUT2D eigenvalue weighted by atomic mass is 35.5. The summed E-state index contributed by atoms with van der Waals surface area (Å²) in [6.45, 7) is 3.23. The van der Waals surface area contributed by atoms with E-state index in [1.807, 2.05) is 24.3 Å². The second-order valence-corrected chi connectivity index (χ2v) is 10.7. The molecule has 11 nitrogen and oxygen atoms in total. The van der Waals surface area contributed by atoms with E-state index in [-0.39, 0.29) is 34.3 Å². The fraction of sp³-hybridized carbons (Fsp3) is 0.281. The largest absolute Gasteiger partial charge is 0.502 e. The van der Waals surface area contributed by atoms with Gasteiger partial charge in [0.15, 0.2) is 5.76 Å². The fourth-order valence-corrected chi connectivity index (χ4v) is 5.36. The molecule has 230 valence electrons.